The van der Waals surface area contributed by atoms with Crippen molar-refractivity contribution in [3.05, 3.63) is 95.0 Å². The van der Waals surface area contributed by atoms with Crippen LogP contribution in [0.2, 0.25) is 5.02 Å². The van der Waals surface area contributed by atoms with E-state index in [4.69, 9.17) is 16.3 Å². The van der Waals surface area contributed by atoms with Crippen molar-refractivity contribution in [1.29, 1.82) is 0 Å². The molecule has 0 unspecified atom stereocenters. The summed E-state index contributed by atoms with van der Waals surface area (Å²) in [5, 5.41) is 3.42. The lowest BCUT2D eigenvalue weighted by molar-refractivity contribution is -0.116. The quantitative estimate of drug-likeness (QED) is 0.620. The highest BCUT2D eigenvalue weighted by Crippen LogP contribution is 2.21. The van der Waals surface area contributed by atoms with Crippen molar-refractivity contribution in [2.45, 2.75) is 6.61 Å². The second-order valence-corrected chi connectivity index (χ2v) is 6.92. The van der Waals surface area contributed by atoms with Gasteiger partial charge in [-0.2, -0.15) is 0 Å². The van der Waals surface area contributed by atoms with Crippen LogP contribution in [-0.2, 0) is 11.4 Å². The summed E-state index contributed by atoms with van der Waals surface area (Å²) in [7, 11) is 1.59. The van der Waals surface area contributed by atoms with Gasteiger partial charge in [0, 0.05) is 17.8 Å². The molecule has 29 heavy (non-hydrogen) atoms. The van der Waals surface area contributed by atoms with E-state index in [2.05, 4.69) is 5.32 Å². The van der Waals surface area contributed by atoms with Crippen molar-refractivity contribution in [2.75, 3.05) is 18.9 Å². The van der Waals surface area contributed by atoms with E-state index in [9.17, 15) is 9.59 Å². The number of benzene rings is 3. The summed E-state index contributed by atoms with van der Waals surface area (Å²) >= 11 is 5.90. The molecule has 2 amide bonds. The highest BCUT2D eigenvalue weighted by atomic mass is 35.5. The Balaban J connectivity index is 1.63. The Bertz CT molecular complexity index is 975. The zero-order valence-electron chi connectivity index (χ0n) is 16.0. The number of nitrogens with one attached hydrogen (secondary N) is 1. The molecule has 0 aromatic heterocycles. The molecule has 3 rings (SSSR count). The lowest BCUT2D eigenvalue weighted by Gasteiger charge is -2.19. The van der Waals surface area contributed by atoms with E-state index in [1.54, 1.807) is 55.6 Å². The van der Waals surface area contributed by atoms with Crippen LogP contribution in [0.1, 0.15) is 15.9 Å². The van der Waals surface area contributed by atoms with Gasteiger partial charge in [0.15, 0.2) is 0 Å². The number of para-hydroxylation sites is 2. The molecule has 0 radical (unpaired) electrons. The first-order valence-electron chi connectivity index (χ1n) is 9.09. The van der Waals surface area contributed by atoms with Crippen LogP contribution in [0.4, 0.5) is 5.69 Å². The molecule has 0 aliphatic carbocycles. The number of anilines is 1. The second kappa shape index (κ2) is 9.75. The number of carbonyl (C=O) groups excluding carboxylic acids is 2. The summed E-state index contributed by atoms with van der Waals surface area (Å²) in [5.74, 6) is -0.103. The highest BCUT2D eigenvalue weighted by molar-refractivity contribution is 6.30. The molecule has 0 aliphatic heterocycles. The number of rotatable bonds is 7. The average Bonchev–Trinajstić information content (AvgIpc) is 2.73. The van der Waals surface area contributed by atoms with E-state index < -0.39 is 0 Å². The van der Waals surface area contributed by atoms with Gasteiger partial charge >= 0.3 is 0 Å². The minimum absolute atomic E-state index is 0.0702. The SMILES string of the molecule is CN(CC(=O)Nc1ccccc1)C(=O)c1ccccc1OCc1ccc(Cl)cc1. The van der Waals surface area contributed by atoms with Crippen LogP contribution in [0.3, 0.4) is 0 Å². The number of nitrogens with zero attached hydrogens (tertiary/aromatic N) is 1. The molecule has 0 fully saturated rings. The van der Waals surface area contributed by atoms with E-state index >= 15 is 0 Å². The largest absolute Gasteiger partial charge is 0.488 e. The van der Waals surface area contributed by atoms with Gasteiger partial charge in [0.25, 0.3) is 5.91 Å². The molecule has 0 heterocycles. The normalized spacial score (nSPS) is 10.3. The maximum absolute atomic E-state index is 12.9. The molecule has 6 heteroatoms. The Labute approximate surface area is 174 Å². The van der Waals surface area contributed by atoms with Crippen molar-refractivity contribution in [2.24, 2.45) is 0 Å². The Morgan fingerprint density at radius 1 is 0.931 bits per heavy atom. The van der Waals surface area contributed by atoms with Gasteiger partial charge in [-0.25, -0.2) is 0 Å². The smallest absolute Gasteiger partial charge is 0.257 e. The molecular weight excluding hydrogens is 388 g/mol. The third-order valence-corrected chi connectivity index (χ3v) is 4.46. The zero-order chi connectivity index (χ0) is 20.6. The fourth-order valence-electron chi connectivity index (χ4n) is 2.73. The average molecular weight is 409 g/mol. The van der Waals surface area contributed by atoms with Crippen LogP contribution in [0.5, 0.6) is 5.75 Å². The molecule has 0 saturated heterocycles. The van der Waals surface area contributed by atoms with E-state index in [-0.39, 0.29) is 18.4 Å². The number of likely N-dealkylation sites (N-methyl/N-ethyl adjacent to an activating group) is 1. The van der Waals surface area contributed by atoms with E-state index in [1.807, 2.05) is 30.3 Å². The molecular formula is C23H21ClN2O3. The van der Waals surface area contributed by atoms with Gasteiger partial charge in [0.1, 0.15) is 12.4 Å². The van der Waals surface area contributed by atoms with Gasteiger partial charge in [-0.15, -0.1) is 0 Å². The number of amides is 2. The first kappa shape index (κ1) is 20.4. The monoisotopic (exact) mass is 408 g/mol. The molecule has 1 N–H and O–H groups in total. The minimum Gasteiger partial charge on any atom is -0.488 e. The maximum Gasteiger partial charge on any atom is 0.257 e. The van der Waals surface area contributed by atoms with Gasteiger partial charge in [-0.3, -0.25) is 9.59 Å². The molecule has 0 spiro atoms. The van der Waals surface area contributed by atoms with Crippen molar-refractivity contribution in [3.63, 3.8) is 0 Å². The predicted octanol–water partition coefficient (Wildman–Crippen LogP) is 4.63. The molecule has 0 bridgehead atoms. The summed E-state index contributed by atoms with van der Waals surface area (Å²) in [6.07, 6.45) is 0. The van der Waals surface area contributed by atoms with Gasteiger partial charge in [-0.05, 0) is 42.0 Å². The fourth-order valence-corrected chi connectivity index (χ4v) is 2.85. The van der Waals surface area contributed by atoms with Crippen molar-refractivity contribution < 1.29 is 14.3 Å². The molecule has 0 atom stereocenters. The van der Waals surface area contributed by atoms with Crippen LogP contribution in [0.15, 0.2) is 78.9 Å². The van der Waals surface area contributed by atoms with Crippen LogP contribution < -0.4 is 10.1 Å². The molecule has 3 aromatic rings. The van der Waals surface area contributed by atoms with Crippen molar-refractivity contribution >= 4 is 29.1 Å². The third-order valence-electron chi connectivity index (χ3n) is 4.21. The molecule has 5 nitrogen and oxygen atoms in total. The topological polar surface area (TPSA) is 58.6 Å². The Kier molecular flexibility index (Phi) is 6.87. The summed E-state index contributed by atoms with van der Waals surface area (Å²) in [5.41, 5.74) is 2.02. The third kappa shape index (κ3) is 5.83. The molecule has 148 valence electrons. The molecule has 0 saturated carbocycles. The van der Waals surface area contributed by atoms with E-state index in [0.29, 0.717) is 28.6 Å². The number of carbonyl (C=O) groups is 2. The number of hydrogen-bond donors (Lipinski definition) is 1. The summed E-state index contributed by atoms with van der Waals surface area (Å²) in [6, 6.07) is 23.4. The van der Waals surface area contributed by atoms with E-state index in [0.717, 1.165) is 5.56 Å². The lowest BCUT2D eigenvalue weighted by atomic mass is 10.1. The molecule has 3 aromatic carbocycles. The maximum atomic E-state index is 12.9. The number of hydrogen-bond acceptors (Lipinski definition) is 3. The number of halogens is 1. The summed E-state index contributed by atoms with van der Waals surface area (Å²) in [4.78, 5) is 26.5. The Morgan fingerprint density at radius 3 is 2.31 bits per heavy atom. The first-order chi connectivity index (χ1) is 14.0. The number of ether oxygens (including phenoxy) is 1. The Morgan fingerprint density at radius 2 is 1.59 bits per heavy atom. The van der Waals surface area contributed by atoms with Crippen LogP contribution in [0.25, 0.3) is 0 Å². The van der Waals surface area contributed by atoms with E-state index in [1.165, 1.54) is 4.90 Å². The molecule has 0 aliphatic rings. The fraction of sp³-hybridized carbons (Fsp3) is 0.130. The van der Waals surface area contributed by atoms with Gasteiger partial charge in [0.05, 0.1) is 12.1 Å². The van der Waals surface area contributed by atoms with Gasteiger partial charge in [-0.1, -0.05) is 54.1 Å². The lowest BCUT2D eigenvalue weighted by Crippen LogP contribution is -2.35. The van der Waals surface area contributed by atoms with Crippen molar-refractivity contribution in [3.8, 4) is 5.75 Å². The van der Waals surface area contributed by atoms with Crippen LogP contribution in [0, 0.1) is 0 Å². The minimum atomic E-state index is -0.292. The van der Waals surface area contributed by atoms with Gasteiger partial charge < -0.3 is 15.0 Å². The zero-order valence-corrected chi connectivity index (χ0v) is 16.7. The Hall–Kier alpha value is -3.31. The van der Waals surface area contributed by atoms with Crippen LogP contribution in [-0.4, -0.2) is 30.3 Å². The second-order valence-electron chi connectivity index (χ2n) is 6.49. The standard InChI is InChI=1S/C23H21ClN2O3/c1-26(15-22(27)25-19-7-3-2-4-8-19)23(28)20-9-5-6-10-21(20)29-16-17-11-13-18(24)14-12-17/h2-14H,15-16H2,1H3,(H,25,27). The summed E-state index contributed by atoms with van der Waals surface area (Å²) in [6.45, 7) is 0.235. The highest BCUT2D eigenvalue weighted by Gasteiger charge is 2.19. The van der Waals surface area contributed by atoms with Crippen LogP contribution >= 0.6 is 11.6 Å². The van der Waals surface area contributed by atoms with Gasteiger partial charge in [0.2, 0.25) is 5.91 Å². The predicted molar refractivity (Wildman–Crippen MR) is 114 cm³/mol. The van der Waals surface area contributed by atoms with Crippen molar-refractivity contribution in [1.82, 2.24) is 4.90 Å². The first-order valence-corrected chi connectivity index (χ1v) is 9.47. The summed E-state index contributed by atoms with van der Waals surface area (Å²) < 4.78 is 5.84.